The van der Waals surface area contributed by atoms with Crippen LogP contribution in [-0.4, -0.2) is 25.2 Å². The molecule has 3 nitrogen and oxygen atoms in total. The molecule has 0 bridgehead atoms. The highest BCUT2D eigenvalue weighted by atomic mass is 16.5. The van der Waals surface area contributed by atoms with Crippen LogP contribution in [0.4, 0.5) is 0 Å². The predicted octanol–water partition coefficient (Wildman–Crippen LogP) is 1.47. The van der Waals surface area contributed by atoms with E-state index in [0.717, 1.165) is 12.8 Å². The molecule has 0 radical (unpaired) electrons. The molecule has 3 unspecified atom stereocenters. The number of amides is 1. The van der Waals surface area contributed by atoms with Gasteiger partial charge in [-0.25, -0.2) is 0 Å². The summed E-state index contributed by atoms with van der Waals surface area (Å²) in [6.07, 6.45) is 5.63. The number of nitrogens with one attached hydrogen (secondary N) is 1. The highest BCUT2D eigenvalue weighted by molar-refractivity contribution is 5.79. The van der Waals surface area contributed by atoms with Gasteiger partial charge in [-0.1, -0.05) is 6.42 Å². The zero-order valence-electron chi connectivity index (χ0n) is 9.01. The summed E-state index contributed by atoms with van der Waals surface area (Å²) in [6, 6.07) is 0.327. The lowest BCUT2D eigenvalue weighted by molar-refractivity contribution is -0.120. The molecule has 14 heavy (non-hydrogen) atoms. The molecule has 2 aliphatic rings. The van der Waals surface area contributed by atoms with E-state index in [0.29, 0.717) is 18.6 Å². The maximum absolute atomic E-state index is 11.4. The van der Waals surface area contributed by atoms with Crippen LogP contribution in [0.3, 0.4) is 0 Å². The highest BCUT2D eigenvalue weighted by Gasteiger charge is 2.47. The van der Waals surface area contributed by atoms with Crippen molar-refractivity contribution < 1.29 is 9.53 Å². The van der Waals surface area contributed by atoms with Gasteiger partial charge in [0.05, 0.1) is 6.10 Å². The number of hydrogen-bond donors (Lipinski definition) is 1. The Morgan fingerprint density at radius 3 is 2.93 bits per heavy atom. The second-order valence-electron chi connectivity index (χ2n) is 4.78. The van der Waals surface area contributed by atoms with Crippen LogP contribution >= 0.6 is 0 Å². The van der Waals surface area contributed by atoms with Gasteiger partial charge in [0.1, 0.15) is 0 Å². The average Bonchev–Trinajstić information content (AvgIpc) is 2.42. The first-order valence-corrected chi connectivity index (χ1v) is 5.48. The van der Waals surface area contributed by atoms with Crippen molar-refractivity contribution in [2.45, 2.75) is 51.2 Å². The van der Waals surface area contributed by atoms with Gasteiger partial charge in [0, 0.05) is 25.0 Å². The van der Waals surface area contributed by atoms with E-state index >= 15 is 0 Å². The lowest BCUT2D eigenvalue weighted by Crippen LogP contribution is -2.40. The van der Waals surface area contributed by atoms with Crippen LogP contribution in [0.2, 0.25) is 0 Å². The van der Waals surface area contributed by atoms with Gasteiger partial charge in [-0.05, 0) is 26.2 Å². The van der Waals surface area contributed by atoms with Gasteiger partial charge in [-0.15, -0.1) is 0 Å². The molecule has 1 aliphatic heterocycles. The molecule has 1 saturated heterocycles. The van der Waals surface area contributed by atoms with Crippen molar-refractivity contribution in [3.63, 3.8) is 0 Å². The van der Waals surface area contributed by atoms with E-state index in [9.17, 15) is 4.79 Å². The smallest absolute Gasteiger partial charge is 0.220 e. The molecule has 1 heterocycles. The van der Waals surface area contributed by atoms with Crippen LogP contribution in [0, 0.1) is 5.41 Å². The van der Waals surface area contributed by atoms with Crippen LogP contribution in [0.15, 0.2) is 0 Å². The van der Waals surface area contributed by atoms with Gasteiger partial charge >= 0.3 is 0 Å². The van der Waals surface area contributed by atoms with E-state index in [1.54, 1.807) is 7.11 Å². The zero-order valence-corrected chi connectivity index (χ0v) is 9.01. The topological polar surface area (TPSA) is 38.3 Å². The van der Waals surface area contributed by atoms with Gasteiger partial charge < -0.3 is 10.1 Å². The summed E-state index contributed by atoms with van der Waals surface area (Å²) in [5.74, 6) is 0.217. The van der Waals surface area contributed by atoms with Crippen molar-refractivity contribution in [3.05, 3.63) is 0 Å². The van der Waals surface area contributed by atoms with Gasteiger partial charge in [-0.2, -0.15) is 0 Å². The van der Waals surface area contributed by atoms with Gasteiger partial charge in [-0.3, -0.25) is 4.79 Å². The van der Waals surface area contributed by atoms with Crippen molar-refractivity contribution in [3.8, 4) is 0 Å². The molecule has 1 amide bonds. The summed E-state index contributed by atoms with van der Waals surface area (Å²) in [4.78, 5) is 11.4. The largest absolute Gasteiger partial charge is 0.381 e. The van der Waals surface area contributed by atoms with E-state index in [1.165, 1.54) is 12.8 Å². The zero-order chi connectivity index (χ0) is 10.2. The normalized spacial score (nSPS) is 42.9. The van der Waals surface area contributed by atoms with Crippen molar-refractivity contribution in [2.75, 3.05) is 7.11 Å². The number of carbonyl (C=O) groups excluding carboxylic acids is 1. The Labute approximate surface area is 85.2 Å². The second kappa shape index (κ2) is 3.54. The summed E-state index contributed by atoms with van der Waals surface area (Å²) in [5.41, 5.74) is 0.190. The lowest BCUT2D eigenvalue weighted by Gasteiger charge is -2.39. The summed E-state index contributed by atoms with van der Waals surface area (Å²) in [6.45, 7) is 2.13. The van der Waals surface area contributed by atoms with E-state index in [1.807, 2.05) is 0 Å². The molecule has 0 aromatic carbocycles. The predicted molar refractivity (Wildman–Crippen MR) is 53.9 cm³/mol. The van der Waals surface area contributed by atoms with E-state index in [-0.39, 0.29) is 11.3 Å². The highest BCUT2D eigenvalue weighted by Crippen LogP contribution is 2.45. The Kier molecular flexibility index (Phi) is 2.52. The van der Waals surface area contributed by atoms with Gasteiger partial charge in [0.15, 0.2) is 0 Å². The molecule has 1 spiro atoms. The minimum absolute atomic E-state index is 0.190. The molecule has 3 heteroatoms. The van der Waals surface area contributed by atoms with Crippen LogP contribution in [-0.2, 0) is 9.53 Å². The molecular formula is C11H19NO2. The Morgan fingerprint density at radius 2 is 2.36 bits per heavy atom. The van der Waals surface area contributed by atoms with Crippen molar-refractivity contribution in [2.24, 2.45) is 5.41 Å². The molecule has 1 N–H and O–H groups in total. The summed E-state index contributed by atoms with van der Waals surface area (Å²) >= 11 is 0. The number of carbonyl (C=O) groups is 1. The summed E-state index contributed by atoms with van der Waals surface area (Å²) in [7, 11) is 1.78. The molecule has 0 aromatic heterocycles. The number of ether oxygens (including phenoxy) is 1. The average molecular weight is 197 g/mol. The first-order valence-electron chi connectivity index (χ1n) is 5.48. The lowest BCUT2D eigenvalue weighted by atomic mass is 9.68. The standard InChI is InChI=1S/C11H19NO2/c1-8-11(7-10(13)12-8)5-3-4-9(6-11)14-2/h8-9H,3-7H2,1-2H3,(H,12,13). The monoisotopic (exact) mass is 197 g/mol. The summed E-state index contributed by atoms with van der Waals surface area (Å²) in [5, 5.41) is 3.03. The van der Waals surface area contributed by atoms with Gasteiger partial charge in [0.25, 0.3) is 0 Å². The van der Waals surface area contributed by atoms with Crippen LogP contribution in [0.1, 0.15) is 39.0 Å². The first-order chi connectivity index (χ1) is 6.66. The minimum atomic E-state index is 0.190. The van der Waals surface area contributed by atoms with Crippen molar-refractivity contribution in [1.29, 1.82) is 0 Å². The molecule has 3 atom stereocenters. The fourth-order valence-electron chi connectivity index (χ4n) is 3.01. The van der Waals surface area contributed by atoms with E-state index in [4.69, 9.17) is 4.74 Å². The minimum Gasteiger partial charge on any atom is -0.381 e. The third-order valence-corrected chi connectivity index (χ3v) is 3.98. The first kappa shape index (κ1) is 9.97. The molecule has 1 saturated carbocycles. The SMILES string of the molecule is COC1CCCC2(CC(=O)NC2C)C1. The number of hydrogen-bond acceptors (Lipinski definition) is 2. The Hall–Kier alpha value is -0.570. The molecular weight excluding hydrogens is 178 g/mol. The quantitative estimate of drug-likeness (QED) is 0.691. The van der Waals surface area contributed by atoms with E-state index < -0.39 is 0 Å². The third-order valence-electron chi connectivity index (χ3n) is 3.98. The maximum atomic E-state index is 11.4. The van der Waals surface area contributed by atoms with Crippen LogP contribution < -0.4 is 5.32 Å². The van der Waals surface area contributed by atoms with Crippen molar-refractivity contribution >= 4 is 5.91 Å². The Bertz CT molecular complexity index is 241. The molecule has 1 aliphatic carbocycles. The van der Waals surface area contributed by atoms with Crippen LogP contribution in [0.25, 0.3) is 0 Å². The Balaban J connectivity index is 2.11. The summed E-state index contributed by atoms with van der Waals surface area (Å²) < 4.78 is 5.42. The Morgan fingerprint density at radius 1 is 1.57 bits per heavy atom. The fraction of sp³-hybridized carbons (Fsp3) is 0.909. The second-order valence-corrected chi connectivity index (χ2v) is 4.78. The third kappa shape index (κ3) is 1.54. The molecule has 2 fully saturated rings. The fourth-order valence-corrected chi connectivity index (χ4v) is 3.01. The number of rotatable bonds is 1. The molecule has 0 aromatic rings. The van der Waals surface area contributed by atoms with Crippen LogP contribution in [0.5, 0.6) is 0 Å². The maximum Gasteiger partial charge on any atom is 0.220 e. The van der Waals surface area contributed by atoms with Gasteiger partial charge in [0.2, 0.25) is 5.91 Å². The van der Waals surface area contributed by atoms with Crippen molar-refractivity contribution in [1.82, 2.24) is 5.32 Å². The molecule has 80 valence electrons. The number of methoxy groups -OCH3 is 1. The van der Waals surface area contributed by atoms with E-state index in [2.05, 4.69) is 12.2 Å². The molecule has 2 rings (SSSR count).